The highest BCUT2D eigenvalue weighted by atomic mass is 14.9. The van der Waals surface area contributed by atoms with Gasteiger partial charge in [-0.1, -0.05) is 31.5 Å². The van der Waals surface area contributed by atoms with Crippen molar-refractivity contribution < 1.29 is 0 Å². The van der Waals surface area contributed by atoms with Gasteiger partial charge in [0.05, 0.1) is 11.0 Å². The average Bonchev–Trinajstić information content (AvgIpc) is 2.89. The van der Waals surface area contributed by atoms with Gasteiger partial charge in [-0.25, -0.2) is 4.98 Å². The number of aromatic amines is 1. The minimum Gasteiger partial charge on any atom is -0.337 e. The molecule has 0 saturated carbocycles. The molecule has 3 rings (SSSR count). The number of aromatic nitrogens is 3. The molecule has 0 aliphatic rings. The Morgan fingerprint density at radius 1 is 1.11 bits per heavy atom. The van der Waals surface area contributed by atoms with Crippen molar-refractivity contribution in [3.63, 3.8) is 0 Å². The molecular formula is C16H17N3. The van der Waals surface area contributed by atoms with E-state index in [4.69, 9.17) is 0 Å². The van der Waals surface area contributed by atoms with Crippen molar-refractivity contribution >= 4 is 11.0 Å². The number of imidazole rings is 1. The molecule has 0 bridgehead atoms. The van der Waals surface area contributed by atoms with E-state index in [1.54, 1.807) is 0 Å². The number of hydrogen-bond donors (Lipinski definition) is 1. The molecule has 3 nitrogen and oxygen atoms in total. The second-order valence-electron chi connectivity index (χ2n) is 4.76. The summed E-state index contributed by atoms with van der Waals surface area (Å²) in [5.74, 6) is 0.836. The predicted octanol–water partition coefficient (Wildman–Crippen LogP) is 3.97. The third-order valence-corrected chi connectivity index (χ3v) is 3.28. The summed E-state index contributed by atoms with van der Waals surface area (Å²) >= 11 is 0. The molecule has 0 fully saturated rings. The molecule has 0 radical (unpaired) electrons. The largest absolute Gasteiger partial charge is 0.337 e. The van der Waals surface area contributed by atoms with E-state index < -0.39 is 0 Å². The van der Waals surface area contributed by atoms with Crippen LogP contribution in [0.2, 0.25) is 0 Å². The molecule has 0 aliphatic heterocycles. The minimum atomic E-state index is 0.836. The van der Waals surface area contributed by atoms with E-state index >= 15 is 0 Å². The lowest BCUT2D eigenvalue weighted by Gasteiger charge is -2.00. The van der Waals surface area contributed by atoms with Gasteiger partial charge in [-0.2, -0.15) is 0 Å². The molecule has 1 N–H and O–H groups in total. The number of nitrogens with one attached hydrogen (secondary N) is 1. The zero-order valence-corrected chi connectivity index (χ0v) is 11.1. The highest BCUT2D eigenvalue weighted by molar-refractivity contribution is 5.78. The quantitative estimate of drug-likeness (QED) is 0.762. The molecule has 0 saturated heterocycles. The highest BCUT2D eigenvalue weighted by Gasteiger charge is 2.05. The van der Waals surface area contributed by atoms with Crippen molar-refractivity contribution in [3.8, 4) is 11.5 Å². The van der Waals surface area contributed by atoms with Crippen LogP contribution in [0.3, 0.4) is 0 Å². The van der Waals surface area contributed by atoms with Crippen molar-refractivity contribution in [1.29, 1.82) is 0 Å². The second-order valence-corrected chi connectivity index (χ2v) is 4.76. The van der Waals surface area contributed by atoms with Crippen LogP contribution in [-0.4, -0.2) is 15.0 Å². The molecule has 0 atom stereocenters. The van der Waals surface area contributed by atoms with Gasteiger partial charge in [0.1, 0.15) is 5.69 Å². The fourth-order valence-corrected chi connectivity index (χ4v) is 2.17. The van der Waals surface area contributed by atoms with Gasteiger partial charge in [0.25, 0.3) is 0 Å². The van der Waals surface area contributed by atoms with Crippen LogP contribution < -0.4 is 0 Å². The first-order valence-electron chi connectivity index (χ1n) is 6.77. The molecule has 96 valence electrons. The van der Waals surface area contributed by atoms with Crippen molar-refractivity contribution in [2.75, 3.05) is 0 Å². The first kappa shape index (κ1) is 11.9. The molecule has 3 heteroatoms. The van der Waals surface area contributed by atoms with Crippen molar-refractivity contribution in [1.82, 2.24) is 15.0 Å². The van der Waals surface area contributed by atoms with E-state index in [2.05, 4.69) is 27.9 Å². The Balaban J connectivity index is 1.88. The summed E-state index contributed by atoms with van der Waals surface area (Å²) in [5, 5.41) is 0. The molecular weight excluding hydrogens is 234 g/mol. The van der Waals surface area contributed by atoms with Crippen LogP contribution in [0.4, 0.5) is 0 Å². The standard InChI is InChI=1S/C16H17N3/c1-2-3-6-12-9-10-15(17-11-12)16-18-13-7-4-5-8-14(13)19-16/h4-5,7-11H,2-3,6H2,1H3,(H,18,19). The topological polar surface area (TPSA) is 41.6 Å². The van der Waals surface area contributed by atoms with Crippen molar-refractivity contribution in [2.24, 2.45) is 0 Å². The smallest absolute Gasteiger partial charge is 0.157 e. The number of benzene rings is 1. The predicted molar refractivity (Wildman–Crippen MR) is 77.9 cm³/mol. The van der Waals surface area contributed by atoms with Crippen LogP contribution in [0, 0.1) is 0 Å². The Morgan fingerprint density at radius 2 is 2.00 bits per heavy atom. The highest BCUT2D eigenvalue weighted by Crippen LogP contribution is 2.18. The Kier molecular flexibility index (Phi) is 3.27. The number of para-hydroxylation sites is 2. The van der Waals surface area contributed by atoms with Gasteiger partial charge in [-0.15, -0.1) is 0 Å². The summed E-state index contributed by atoms with van der Waals surface area (Å²) in [6.45, 7) is 2.20. The van der Waals surface area contributed by atoms with Gasteiger partial charge in [0, 0.05) is 6.20 Å². The molecule has 2 heterocycles. The Hall–Kier alpha value is -2.16. The van der Waals surface area contributed by atoms with Crippen LogP contribution in [0.1, 0.15) is 25.3 Å². The Morgan fingerprint density at radius 3 is 2.74 bits per heavy atom. The van der Waals surface area contributed by atoms with Gasteiger partial charge in [0.15, 0.2) is 5.82 Å². The zero-order valence-electron chi connectivity index (χ0n) is 11.1. The van der Waals surface area contributed by atoms with Crippen LogP contribution in [0.5, 0.6) is 0 Å². The maximum atomic E-state index is 4.56. The van der Waals surface area contributed by atoms with Crippen LogP contribution >= 0.6 is 0 Å². The third kappa shape index (κ3) is 2.50. The lowest BCUT2D eigenvalue weighted by atomic mass is 10.1. The maximum Gasteiger partial charge on any atom is 0.157 e. The molecule has 19 heavy (non-hydrogen) atoms. The molecule has 2 aromatic heterocycles. The zero-order chi connectivity index (χ0) is 13.1. The number of fused-ring (bicyclic) bond motifs is 1. The minimum absolute atomic E-state index is 0.836. The fraction of sp³-hybridized carbons (Fsp3) is 0.250. The summed E-state index contributed by atoms with van der Waals surface area (Å²) in [6.07, 6.45) is 5.49. The van der Waals surface area contributed by atoms with Gasteiger partial charge in [-0.05, 0) is 36.6 Å². The number of nitrogens with zero attached hydrogens (tertiary/aromatic N) is 2. The summed E-state index contributed by atoms with van der Waals surface area (Å²) in [7, 11) is 0. The summed E-state index contributed by atoms with van der Waals surface area (Å²) in [6, 6.07) is 12.2. The number of unbranched alkanes of at least 4 members (excludes halogenated alkanes) is 1. The van der Waals surface area contributed by atoms with Crippen LogP contribution in [0.15, 0.2) is 42.6 Å². The molecule has 1 aromatic carbocycles. The third-order valence-electron chi connectivity index (χ3n) is 3.28. The van der Waals surface area contributed by atoms with Crippen molar-refractivity contribution in [2.45, 2.75) is 26.2 Å². The first-order chi connectivity index (χ1) is 9.36. The summed E-state index contributed by atoms with van der Waals surface area (Å²) in [5.41, 5.74) is 4.22. The molecule has 0 unspecified atom stereocenters. The van der Waals surface area contributed by atoms with E-state index in [0.717, 1.165) is 29.0 Å². The maximum absolute atomic E-state index is 4.56. The monoisotopic (exact) mass is 251 g/mol. The van der Waals surface area contributed by atoms with Crippen LogP contribution in [-0.2, 0) is 6.42 Å². The van der Waals surface area contributed by atoms with Gasteiger partial charge < -0.3 is 4.98 Å². The second kappa shape index (κ2) is 5.22. The van der Waals surface area contributed by atoms with Gasteiger partial charge in [0.2, 0.25) is 0 Å². The van der Waals surface area contributed by atoms with E-state index in [1.807, 2.05) is 36.5 Å². The van der Waals surface area contributed by atoms with E-state index in [-0.39, 0.29) is 0 Å². The van der Waals surface area contributed by atoms with E-state index in [9.17, 15) is 0 Å². The molecule has 0 amide bonds. The van der Waals surface area contributed by atoms with Crippen LogP contribution in [0.25, 0.3) is 22.6 Å². The normalized spacial score (nSPS) is 11.0. The average molecular weight is 251 g/mol. The Labute approximate surface area is 112 Å². The molecule has 0 spiro atoms. The number of pyridine rings is 1. The number of hydrogen-bond acceptors (Lipinski definition) is 2. The molecule has 0 aliphatic carbocycles. The van der Waals surface area contributed by atoms with Gasteiger partial charge in [-0.3, -0.25) is 4.98 Å². The fourth-order valence-electron chi connectivity index (χ4n) is 2.17. The first-order valence-corrected chi connectivity index (χ1v) is 6.77. The lowest BCUT2D eigenvalue weighted by molar-refractivity contribution is 0.792. The van der Waals surface area contributed by atoms with E-state index in [1.165, 1.54) is 18.4 Å². The SMILES string of the molecule is CCCCc1ccc(-c2nc3ccccc3[nH]2)nc1. The van der Waals surface area contributed by atoms with E-state index in [0.29, 0.717) is 0 Å². The summed E-state index contributed by atoms with van der Waals surface area (Å²) in [4.78, 5) is 12.4. The lowest BCUT2D eigenvalue weighted by Crippen LogP contribution is -1.89. The molecule has 3 aromatic rings. The Bertz CT molecular complexity index is 635. The van der Waals surface area contributed by atoms with Crippen molar-refractivity contribution in [3.05, 3.63) is 48.2 Å². The van der Waals surface area contributed by atoms with Gasteiger partial charge >= 0.3 is 0 Å². The number of aryl methyl sites for hydroxylation is 1. The number of H-pyrrole nitrogens is 1. The number of rotatable bonds is 4. The summed E-state index contributed by atoms with van der Waals surface area (Å²) < 4.78 is 0.